The summed E-state index contributed by atoms with van der Waals surface area (Å²) in [4.78, 5) is 28.0. The van der Waals surface area contributed by atoms with Crippen molar-refractivity contribution < 1.29 is 37.0 Å². The molecule has 1 aliphatic rings. The smallest absolute Gasteiger partial charge is 0.407 e. The second-order valence-electron chi connectivity index (χ2n) is 7.62. The van der Waals surface area contributed by atoms with Gasteiger partial charge in [0.25, 0.3) is 0 Å². The molecule has 2 rings (SSSR count). The van der Waals surface area contributed by atoms with E-state index in [1.807, 2.05) is 0 Å². The van der Waals surface area contributed by atoms with E-state index in [0.29, 0.717) is 18.8 Å². The van der Waals surface area contributed by atoms with Gasteiger partial charge >= 0.3 is 12.3 Å². The Bertz CT molecular complexity index is 713. The van der Waals surface area contributed by atoms with Crippen LogP contribution in [0.1, 0.15) is 55.8 Å². The first-order valence-corrected chi connectivity index (χ1v) is 9.21. The molecule has 1 aromatic rings. The van der Waals surface area contributed by atoms with Gasteiger partial charge in [-0.05, 0) is 33.3 Å². The van der Waals surface area contributed by atoms with Crippen molar-refractivity contribution >= 4 is 11.9 Å². The lowest BCUT2D eigenvalue weighted by atomic mass is 9.93. The summed E-state index contributed by atoms with van der Waals surface area (Å²) in [7, 11) is 0. The van der Waals surface area contributed by atoms with Gasteiger partial charge in [0.05, 0.1) is 19.1 Å². The molecule has 1 unspecified atom stereocenters. The number of alkyl carbamates (subject to hydrolysis) is 1. The maximum Gasteiger partial charge on any atom is 0.407 e. The minimum Gasteiger partial charge on any atom is -0.444 e. The number of Topliss-reactive ketones (excluding diaryl/α,β-unsaturated/α-hetero) is 1. The number of hydrogen-bond donors (Lipinski definition) is 1. The lowest BCUT2D eigenvalue weighted by molar-refractivity contribution is -0.175. The van der Waals surface area contributed by atoms with E-state index < -0.39 is 48.7 Å². The third-order valence-corrected chi connectivity index (χ3v) is 4.09. The number of halogens is 3. The normalized spacial score (nSPS) is 16.5. The van der Waals surface area contributed by atoms with Crippen LogP contribution in [0.4, 0.5) is 18.0 Å². The van der Waals surface area contributed by atoms with E-state index in [1.54, 1.807) is 20.8 Å². The first kappa shape index (κ1) is 23.1. The number of ketones is 1. The zero-order valence-electron chi connectivity index (χ0n) is 16.5. The van der Waals surface area contributed by atoms with E-state index in [2.05, 4.69) is 10.3 Å². The summed E-state index contributed by atoms with van der Waals surface area (Å²) < 4.78 is 56.0. The minimum atomic E-state index is -4.60. The Hall–Kier alpha value is -2.20. The largest absolute Gasteiger partial charge is 0.444 e. The number of alkyl halides is 3. The van der Waals surface area contributed by atoms with E-state index in [9.17, 15) is 22.8 Å². The van der Waals surface area contributed by atoms with Crippen molar-refractivity contribution in [2.24, 2.45) is 5.92 Å². The predicted molar refractivity (Wildman–Crippen MR) is 96.2 cm³/mol. The monoisotopic (exact) mass is 418 g/mol. The van der Waals surface area contributed by atoms with Gasteiger partial charge in [-0.25, -0.2) is 4.79 Å². The molecule has 10 heteroatoms. The number of carbonyl (C=O) groups excluding carboxylic acids is 2. The lowest BCUT2D eigenvalue weighted by Gasteiger charge is -2.22. The first-order chi connectivity index (χ1) is 13.5. The molecule has 162 valence electrons. The highest BCUT2D eigenvalue weighted by Gasteiger charge is 2.41. The molecule has 1 saturated heterocycles. The Labute approximate surface area is 166 Å². The number of pyridine rings is 1. The second kappa shape index (κ2) is 9.53. The van der Waals surface area contributed by atoms with Gasteiger partial charge in [-0.15, -0.1) is 0 Å². The molecule has 1 aliphatic heterocycles. The summed E-state index contributed by atoms with van der Waals surface area (Å²) in [5.74, 6) is -2.64. The van der Waals surface area contributed by atoms with E-state index in [0.717, 1.165) is 0 Å². The van der Waals surface area contributed by atoms with Crippen LogP contribution in [0.15, 0.2) is 18.5 Å². The van der Waals surface area contributed by atoms with Crippen molar-refractivity contribution in [3.8, 4) is 0 Å². The van der Waals surface area contributed by atoms with Crippen molar-refractivity contribution in [1.29, 1.82) is 0 Å². The van der Waals surface area contributed by atoms with Gasteiger partial charge in [-0.3, -0.25) is 9.78 Å². The number of amides is 1. The van der Waals surface area contributed by atoms with Crippen molar-refractivity contribution in [2.45, 2.75) is 51.7 Å². The van der Waals surface area contributed by atoms with Crippen molar-refractivity contribution in [1.82, 2.24) is 10.3 Å². The van der Waals surface area contributed by atoms with Crippen molar-refractivity contribution in [2.75, 3.05) is 19.8 Å². The number of nitrogens with one attached hydrogen (secondary N) is 1. The molecule has 0 aromatic carbocycles. The molecule has 1 N–H and O–H groups in total. The summed E-state index contributed by atoms with van der Waals surface area (Å²) in [6.07, 6.45) is -4.80. The molecular formula is C19H25F3N2O5. The van der Waals surface area contributed by atoms with Crippen molar-refractivity contribution in [3.05, 3.63) is 29.6 Å². The number of ether oxygens (including phenoxy) is 3. The van der Waals surface area contributed by atoms with Gasteiger partial charge in [0.1, 0.15) is 5.60 Å². The molecule has 2 heterocycles. The zero-order valence-corrected chi connectivity index (χ0v) is 16.5. The summed E-state index contributed by atoms with van der Waals surface area (Å²) in [6.45, 7) is 5.33. The van der Waals surface area contributed by atoms with Crippen LogP contribution < -0.4 is 5.32 Å². The minimum absolute atomic E-state index is 0.0359. The molecule has 29 heavy (non-hydrogen) atoms. The molecule has 0 bridgehead atoms. The lowest BCUT2D eigenvalue weighted by Crippen LogP contribution is -2.35. The summed E-state index contributed by atoms with van der Waals surface area (Å²) in [6, 6.07) is 1.50. The van der Waals surface area contributed by atoms with E-state index in [-0.39, 0.29) is 12.1 Å². The van der Waals surface area contributed by atoms with Crippen LogP contribution in [0.2, 0.25) is 0 Å². The fourth-order valence-electron chi connectivity index (χ4n) is 2.76. The highest BCUT2D eigenvalue weighted by atomic mass is 19.4. The first-order valence-electron chi connectivity index (χ1n) is 9.21. The number of nitrogens with zero attached hydrogens (tertiary/aromatic N) is 1. The maximum atomic E-state index is 13.4. The van der Waals surface area contributed by atoms with Crippen LogP contribution in [0.3, 0.4) is 0 Å². The summed E-state index contributed by atoms with van der Waals surface area (Å²) >= 11 is 0. The predicted octanol–water partition coefficient (Wildman–Crippen LogP) is 3.79. The third kappa shape index (κ3) is 7.28. The zero-order chi connectivity index (χ0) is 21.7. The average Bonchev–Trinajstić information content (AvgIpc) is 3.12. The van der Waals surface area contributed by atoms with Gasteiger partial charge in [0.15, 0.2) is 12.1 Å². The van der Waals surface area contributed by atoms with E-state index in [1.165, 1.54) is 18.5 Å². The molecule has 1 aromatic heterocycles. The van der Waals surface area contributed by atoms with Gasteiger partial charge < -0.3 is 19.5 Å². The molecule has 0 saturated carbocycles. The number of carbonyl (C=O) groups is 2. The van der Waals surface area contributed by atoms with E-state index >= 15 is 0 Å². The van der Waals surface area contributed by atoms with Gasteiger partial charge in [-0.1, -0.05) is 0 Å². The highest BCUT2D eigenvalue weighted by molar-refractivity contribution is 5.97. The molecular weight excluding hydrogens is 393 g/mol. The molecule has 1 atom stereocenters. The van der Waals surface area contributed by atoms with Gasteiger partial charge in [0.2, 0.25) is 0 Å². The Morgan fingerprint density at radius 1 is 1.28 bits per heavy atom. The molecule has 1 amide bonds. The fraction of sp³-hybridized carbons (Fsp3) is 0.632. The van der Waals surface area contributed by atoms with E-state index in [4.69, 9.17) is 14.2 Å². The Kier molecular flexibility index (Phi) is 7.59. The standard InChI is InChI=1S/C19H25F3N2O5/c1-18(2,3)29-17(26)24-7-4-12(19(20,21)22)10-15(25)14-11-23-6-5-13(14)16-27-8-9-28-16/h5-6,11-12,16H,4,7-10H2,1-3H3,(H,24,26). The SMILES string of the molecule is CC(C)(C)OC(=O)NCCC(CC(=O)c1cnccc1C1OCCO1)C(F)(F)F. The Morgan fingerprint density at radius 3 is 2.52 bits per heavy atom. The van der Waals surface area contributed by atoms with Crippen LogP contribution in [-0.2, 0) is 14.2 Å². The van der Waals surface area contributed by atoms with Crippen LogP contribution >= 0.6 is 0 Å². The molecule has 7 nitrogen and oxygen atoms in total. The number of rotatable bonds is 7. The average molecular weight is 418 g/mol. The van der Waals surface area contributed by atoms with Crippen molar-refractivity contribution in [3.63, 3.8) is 0 Å². The maximum absolute atomic E-state index is 13.4. The quantitative estimate of drug-likeness (QED) is 0.678. The summed E-state index contributed by atoms with van der Waals surface area (Å²) in [5, 5.41) is 2.29. The van der Waals surface area contributed by atoms with Crippen LogP contribution in [0, 0.1) is 5.92 Å². The summed E-state index contributed by atoms with van der Waals surface area (Å²) in [5.41, 5.74) is -0.367. The Morgan fingerprint density at radius 2 is 1.93 bits per heavy atom. The van der Waals surface area contributed by atoms with Crippen LogP contribution in [0.5, 0.6) is 0 Å². The second-order valence-corrected chi connectivity index (χ2v) is 7.62. The van der Waals surface area contributed by atoms with Gasteiger partial charge in [-0.2, -0.15) is 13.2 Å². The highest BCUT2D eigenvalue weighted by Crippen LogP contribution is 2.34. The fourth-order valence-corrected chi connectivity index (χ4v) is 2.76. The van der Waals surface area contributed by atoms with Gasteiger partial charge in [0, 0.05) is 36.5 Å². The third-order valence-electron chi connectivity index (χ3n) is 4.09. The molecule has 0 aliphatic carbocycles. The van der Waals surface area contributed by atoms with Crippen LogP contribution in [-0.4, -0.2) is 48.4 Å². The topological polar surface area (TPSA) is 86.8 Å². The Balaban J connectivity index is 2.02. The molecule has 0 radical (unpaired) electrons. The molecule has 1 fully saturated rings. The number of hydrogen-bond acceptors (Lipinski definition) is 6. The number of aromatic nitrogens is 1. The molecule has 0 spiro atoms. The van der Waals surface area contributed by atoms with Crippen LogP contribution in [0.25, 0.3) is 0 Å².